The van der Waals surface area contributed by atoms with Crippen molar-refractivity contribution in [1.29, 1.82) is 0 Å². The van der Waals surface area contributed by atoms with Gasteiger partial charge in [-0.1, -0.05) is 24.6 Å². The van der Waals surface area contributed by atoms with E-state index in [2.05, 4.69) is 41.4 Å². The van der Waals surface area contributed by atoms with Crippen LogP contribution in [-0.2, 0) is 17.9 Å². The molecule has 130 valence electrons. The number of aryl methyl sites for hydroxylation is 1. The Morgan fingerprint density at radius 3 is 2.96 bits per heavy atom. The van der Waals surface area contributed by atoms with Crippen molar-refractivity contribution in [3.63, 3.8) is 0 Å². The van der Waals surface area contributed by atoms with E-state index in [0.717, 1.165) is 36.1 Å². The number of rotatable bonds is 6. The lowest BCUT2D eigenvalue weighted by Crippen LogP contribution is -2.37. The zero-order valence-corrected chi connectivity index (χ0v) is 14.8. The van der Waals surface area contributed by atoms with E-state index in [1.54, 1.807) is 0 Å². The first-order chi connectivity index (χ1) is 11.7. The van der Waals surface area contributed by atoms with Gasteiger partial charge in [0, 0.05) is 24.4 Å². The van der Waals surface area contributed by atoms with Gasteiger partial charge in [0.2, 0.25) is 5.91 Å². The van der Waals surface area contributed by atoms with Crippen LogP contribution in [0.15, 0.2) is 24.3 Å². The zero-order chi connectivity index (χ0) is 16.9. The Hall–Kier alpha value is -1.88. The summed E-state index contributed by atoms with van der Waals surface area (Å²) in [6.45, 7) is 4.59. The zero-order valence-electron chi connectivity index (χ0n) is 14.8. The van der Waals surface area contributed by atoms with Gasteiger partial charge < -0.3 is 10.2 Å². The maximum Gasteiger partial charge on any atom is 0.220 e. The summed E-state index contributed by atoms with van der Waals surface area (Å²) in [5, 5.41) is 8.82. The average molecular weight is 328 g/mol. The maximum absolute atomic E-state index is 12.2. The van der Waals surface area contributed by atoms with E-state index >= 15 is 0 Å². The molecule has 1 unspecified atom stereocenters. The molecule has 3 rings (SSSR count). The second kappa shape index (κ2) is 7.79. The molecule has 1 amide bonds. The van der Waals surface area contributed by atoms with Crippen molar-refractivity contribution in [3.05, 3.63) is 30.0 Å². The third-order valence-corrected chi connectivity index (χ3v) is 5.11. The topological polar surface area (TPSA) is 50.2 Å². The number of hydrogen-bond acceptors (Lipinski definition) is 3. The summed E-state index contributed by atoms with van der Waals surface area (Å²) in [6.07, 6.45) is 5.34. The number of benzene rings is 1. The average Bonchev–Trinajstić information content (AvgIpc) is 2.97. The molecule has 2 heterocycles. The van der Waals surface area contributed by atoms with Crippen LogP contribution in [0.2, 0.25) is 0 Å². The first-order valence-corrected chi connectivity index (χ1v) is 9.10. The fraction of sp³-hybridized carbons (Fsp3) is 0.579. The summed E-state index contributed by atoms with van der Waals surface area (Å²) >= 11 is 0. The number of aromatic nitrogens is 2. The third kappa shape index (κ3) is 3.78. The highest BCUT2D eigenvalue weighted by atomic mass is 16.1. The Labute approximate surface area is 144 Å². The smallest absolute Gasteiger partial charge is 0.220 e. The second-order valence-electron chi connectivity index (χ2n) is 6.73. The van der Waals surface area contributed by atoms with E-state index < -0.39 is 0 Å². The first-order valence-electron chi connectivity index (χ1n) is 9.10. The van der Waals surface area contributed by atoms with E-state index in [1.165, 1.54) is 19.3 Å². The molecule has 5 nitrogen and oxygen atoms in total. The molecule has 24 heavy (non-hydrogen) atoms. The monoisotopic (exact) mass is 328 g/mol. The van der Waals surface area contributed by atoms with Gasteiger partial charge in [-0.3, -0.25) is 9.48 Å². The summed E-state index contributed by atoms with van der Waals surface area (Å²) < 4.78 is 1.99. The number of likely N-dealkylation sites (tertiary alicyclic amines) is 1. The second-order valence-corrected chi connectivity index (χ2v) is 6.73. The minimum Gasteiger partial charge on any atom is -0.350 e. The normalized spacial score (nSPS) is 18.8. The van der Waals surface area contributed by atoms with Gasteiger partial charge in [0.05, 0.1) is 17.8 Å². The molecule has 1 atom stereocenters. The summed E-state index contributed by atoms with van der Waals surface area (Å²) in [4.78, 5) is 14.6. The Kier molecular flexibility index (Phi) is 5.51. The summed E-state index contributed by atoms with van der Waals surface area (Å²) in [5.74, 6) is 0.129. The predicted molar refractivity (Wildman–Crippen MR) is 96.8 cm³/mol. The number of fused-ring (bicyclic) bond motifs is 1. The van der Waals surface area contributed by atoms with Crippen molar-refractivity contribution in [2.24, 2.45) is 0 Å². The molecule has 0 bridgehead atoms. The van der Waals surface area contributed by atoms with Gasteiger partial charge in [0.15, 0.2) is 0 Å². The van der Waals surface area contributed by atoms with E-state index in [1.807, 2.05) is 16.8 Å². The van der Waals surface area contributed by atoms with Gasteiger partial charge in [-0.25, -0.2) is 0 Å². The minimum atomic E-state index is 0.129. The summed E-state index contributed by atoms with van der Waals surface area (Å²) in [7, 11) is 2.17. The van der Waals surface area contributed by atoms with Gasteiger partial charge in [0.1, 0.15) is 0 Å². The van der Waals surface area contributed by atoms with Gasteiger partial charge in [-0.05, 0) is 45.8 Å². The van der Waals surface area contributed by atoms with Crippen LogP contribution in [0, 0.1) is 0 Å². The third-order valence-electron chi connectivity index (χ3n) is 5.11. The summed E-state index contributed by atoms with van der Waals surface area (Å²) in [6, 6.07) is 8.76. The first kappa shape index (κ1) is 17.0. The van der Waals surface area contributed by atoms with Crippen molar-refractivity contribution in [3.8, 4) is 0 Å². The van der Waals surface area contributed by atoms with Crippen molar-refractivity contribution in [2.45, 2.75) is 58.2 Å². The van der Waals surface area contributed by atoms with Crippen LogP contribution in [-0.4, -0.2) is 40.2 Å². The number of para-hydroxylation sites is 1. The highest BCUT2D eigenvalue weighted by Gasteiger charge is 2.19. The number of nitrogens with one attached hydrogen (secondary N) is 1. The molecular weight excluding hydrogens is 300 g/mol. The van der Waals surface area contributed by atoms with Crippen LogP contribution >= 0.6 is 0 Å². The molecule has 2 aromatic rings. The van der Waals surface area contributed by atoms with Crippen molar-refractivity contribution >= 4 is 16.8 Å². The molecule has 1 aromatic heterocycles. The van der Waals surface area contributed by atoms with E-state index in [-0.39, 0.29) is 5.91 Å². The van der Waals surface area contributed by atoms with Gasteiger partial charge in [-0.15, -0.1) is 0 Å². The van der Waals surface area contributed by atoms with E-state index in [9.17, 15) is 4.79 Å². The number of nitrogens with zero attached hydrogens (tertiary/aromatic N) is 3. The predicted octanol–water partition coefficient (Wildman–Crippen LogP) is 2.94. The molecule has 1 aromatic carbocycles. The Morgan fingerprint density at radius 1 is 1.33 bits per heavy atom. The van der Waals surface area contributed by atoms with Crippen LogP contribution in [0.25, 0.3) is 10.9 Å². The molecule has 0 radical (unpaired) electrons. The molecule has 0 spiro atoms. The van der Waals surface area contributed by atoms with Crippen molar-refractivity contribution in [2.75, 3.05) is 13.6 Å². The molecule has 5 heteroatoms. The number of carbonyl (C=O) groups excluding carboxylic acids is 1. The molecule has 0 saturated carbocycles. The molecular formula is C19H28N4O. The number of carbonyl (C=O) groups is 1. The molecule has 1 N–H and O–H groups in total. The molecule has 1 aliphatic rings. The minimum absolute atomic E-state index is 0.129. The molecule has 0 aliphatic carbocycles. The Morgan fingerprint density at radius 2 is 2.17 bits per heavy atom. The fourth-order valence-electron chi connectivity index (χ4n) is 3.65. The number of amides is 1. The molecule has 1 saturated heterocycles. The van der Waals surface area contributed by atoms with Crippen molar-refractivity contribution < 1.29 is 4.79 Å². The largest absolute Gasteiger partial charge is 0.350 e. The quantitative estimate of drug-likeness (QED) is 0.887. The highest BCUT2D eigenvalue weighted by molar-refractivity contribution is 5.82. The van der Waals surface area contributed by atoms with Crippen LogP contribution in [0.1, 0.15) is 44.7 Å². The van der Waals surface area contributed by atoms with Gasteiger partial charge in [0.25, 0.3) is 0 Å². The van der Waals surface area contributed by atoms with Gasteiger partial charge >= 0.3 is 0 Å². The Bertz CT molecular complexity index is 694. The highest BCUT2D eigenvalue weighted by Crippen LogP contribution is 2.20. The number of hydrogen-bond donors (Lipinski definition) is 1. The summed E-state index contributed by atoms with van der Waals surface area (Å²) in [5.41, 5.74) is 2.09. The maximum atomic E-state index is 12.2. The number of piperidine rings is 1. The lowest BCUT2D eigenvalue weighted by Gasteiger charge is -2.32. The lowest BCUT2D eigenvalue weighted by atomic mass is 9.98. The van der Waals surface area contributed by atoms with E-state index in [0.29, 0.717) is 19.0 Å². The fourth-order valence-corrected chi connectivity index (χ4v) is 3.65. The van der Waals surface area contributed by atoms with Crippen LogP contribution in [0.5, 0.6) is 0 Å². The van der Waals surface area contributed by atoms with Gasteiger partial charge in [-0.2, -0.15) is 5.10 Å². The standard InChI is InChI=1S/C19H28N4O/c1-3-23-18-10-5-4-9-16(18)17(21-23)14-20-19(24)12-11-15-8-6-7-13-22(15)2/h4-5,9-10,15H,3,6-8,11-14H2,1-2H3,(H,20,24). The van der Waals surface area contributed by atoms with E-state index in [4.69, 9.17) is 0 Å². The van der Waals surface area contributed by atoms with Crippen LogP contribution in [0.3, 0.4) is 0 Å². The van der Waals surface area contributed by atoms with Crippen LogP contribution < -0.4 is 5.32 Å². The lowest BCUT2D eigenvalue weighted by molar-refractivity contribution is -0.121. The Balaban J connectivity index is 1.55. The molecule has 1 fully saturated rings. The van der Waals surface area contributed by atoms with Crippen LogP contribution in [0.4, 0.5) is 0 Å². The van der Waals surface area contributed by atoms with Crippen molar-refractivity contribution in [1.82, 2.24) is 20.0 Å². The molecule has 1 aliphatic heterocycles. The SMILES string of the molecule is CCn1nc(CNC(=O)CCC2CCCCN2C)c2ccccc21.